The normalized spacial score (nSPS) is 11.8. The number of fused-ring (bicyclic) bond motifs is 1. The molecule has 4 rings (SSSR count). The fourth-order valence-corrected chi connectivity index (χ4v) is 4.43. The summed E-state index contributed by atoms with van der Waals surface area (Å²) in [5, 5.41) is 4.86. The Morgan fingerprint density at radius 3 is 2.45 bits per heavy atom. The van der Waals surface area contributed by atoms with Gasteiger partial charge < -0.3 is 9.47 Å². The maximum Gasteiger partial charge on any atom is 0.283 e. The molecular formula is C24H22N2O4S. The van der Waals surface area contributed by atoms with E-state index in [9.17, 15) is 8.42 Å². The van der Waals surface area contributed by atoms with Gasteiger partial charge in [0.2, 0.25) is 5.88 Å². The van der Waals surface area contributed by atoms with E-state index in [1.54, 1.807) is 49.6 Å². The molecule has 0 saturated heterocycles. The van der Waals surface area contributed by atoms with Gasteiger partial charge in [-0.15, -0.1) is 9.19 Å². The summed E-state index contributed by atoms with van der Waals surface area (Å²) in [6.45, 7) is 2.14. The van der Waals surface area contributed by atoms with Crippen molar-refractivity contribution in [2.24, 2.45) is 0 Å². The van der Waals surface area contributed by atoms with Crippen molar-refractivity contribution < 1.29 is 17.9 Å². The van der Waals surface area contributed by atoms with Gasteiger partial charge in [0.1, 0.15) is 12.4 Å². The molecule has 0 unspecified atom stereocenters. The molecule has 1 aromatic heterocycles. The van der Waals surface area contributed by atoms with Gasteiger partial charge in [0, 0.05) is 0 Å². The number of methoxy groups -OCH3 is 1. The topological polar surface area (TPSA) is 70.4 Å². The molecule has 3 aromatic carbocycles. The SMILES string of the molecule is COc1ccc2c(c1)c(OCC=Cc1ccccc1)nn2S(=O)(=O)c1ccc(C)cc1. The summed E-state index contributed by atoms with van der Waals surface area (Å²) in [6, 6.07) is 21.6. The highest BCUT2D eigenvalue weighted by molar-refractivity contribution is 7.90. The average molecular weight is 435 g/mol. The van der Waals surface area contributed by atoms with Gasteiger partial charge in [0.15, 0.2) is 0 Å². The zero-order valence-electron chi connectivity index (χ0n) is 17.2. The Morgan fingerprint density at radius 2 is 1.74 bits per heavy atom. The number of hydrogen-bond donors (Lipinski definition) is 0. The fourth-order valence-electron chi connectivity index (χ4n) is 3.15. The van der Waals surface area contributed by atoms with Gasteiger partial charge in [-0.3, -0.25) is 0 Å². The molecule has 0 spiro atoms. The molecule has 0 fully saturated rings. The largest absolute Gasteiger partial charge is 0.497 e. The minimum atomic E-state index is -3.89. The number of aromatic nitrogens is 2. The van der Waals surface area contributed by atoms with E-state index in [-0.39, 0.29) is 17.4 Å². The summed E-state index contributed by atoms with van der Waals surface area (Å²) in [6.07, 6.45) is 3.79. The first-order chi connectivity index (χ1) is 15.0. The molecular weight excluding hydrogens is 412 g/mol. The second-order valence-corrected chi connectivity index (χ2v) is 8.74. The Labute approximate surface area is 181 Å². The van der Waals surface area contributed by atoms with Crippen LogP contribution in [0.4, 0.5) is 0 Å². The quantitative estimate of drug-likeness (QED) is 0.422. The van der Waals surface area contributed by atoms with E-state index in [1.165, 1.54) is 0 Å². The minimum Gasteiger partial charge on any atom is -0.497 e. The Hall–Kier alpha value is -3.58. The molecule has 0 aliphatic heterocycles. The van der Waals surface area contributed by atoms with E-state index in [0.29, 0.717) is 16.7 Å². The Balaban J connectivity index is 1.70. The molecule has 0 bridgehead atoms. The highest BCUT2D eigenvalue weighted by atomic mass is 32.2. The van der Waals surface area contributed by atoms with Crippen molar-refractivity contribution in [3.8, 4) is 11.6 Å². The fraction of sp³-hybridized carbons (Fsp3) is 0.125. The van der Waals surface area contributed by atoms with Crippen LogP contribution in [0.3, 0.4) is 0 Å². The second kappa shape index (κ2) is 8.65. The lowest BCUT2D eigenvalue weighted by atomic mass is 10.2. The first kappa shape index (κ1) is 20.7. The predicted molar refractivity (Wildman–Crippen MR) is 121 cm³/mol. The van der Waals surface area contributed by atoms with Crippen LogP contribution in [0.25, 0.3) is 17.0 Å². The van der Waals surface area contributed by atoms with E-state index < -0.39 is 10.0 Å². The van der Waals surface area contributed by atoms with Crippen LogP contribution in [0.5, 0.6) is 11.6 Å². The predicted octanol–water partition coefficient (Wildman–Crippen LogP) is 4.68. The highest BCUT2D eigenvalue weighted by Gasteiger charge is 2.24. The molecule has 0 radical (unpaired) electrons. The molecule has 7 heteroatoms. The van der Waals surface area contributed by atoms with E-state index in [1.807, 2.05) is 49.4 Å². The molecule has 0 aliphatic carbocycles. The summed E-state index contributed by atoms with van der Waals surface area (Å²) in [5.74, 6) is 0.812. The summed E-state index contributed by atoms with van der Waals surface area (Å²) >= 11 is 0. The smallest absolute Gasteiger partial charge is 0.283 e. The van der Waals surface area contributed by atoms with Crippen molar-refractivity contribution >= 4 is 27.0 Å². The van der Waals surface area contributed by atoms with E-state index >= 15 is 0 Å². The van der Waals surface area contributed by atoms with Crippen LogP contribution in [-0.4, -0.2) is 31.3 Å². The lowest BCUT2D eigenvalue weighted by Crippen LogP contribution is -2.14. The van der Waals surface area contributed by atoms with Gasteiger partial charge in [0.05, 0.1) is 22.9 Å². The van der Waals surface area contributed by atoms with Gasteiger partial charge >= 0.3 is 0 Å². The van der Waals surface area contributed by atoms with Crippen LogP contribution < -0.4 is 9.47 Å². The lowest BCUT2D eigenvalue weighted by molar-refractivity contribution is 0.350. The third kappa shape index (κ3) is 4.32. The number of nitrogens with zero attached hydrogens (tertiary/aromatic N) is 2. The zero-order chi connectivity index (χ0) is 21.8. The lowest BCUT2D eigenvalue weighted by Gasteiger charge is -2.06. The monoisotopic (exact) mass is 434 g/mol. The first-order valence-electron chi connectivity index (χ1n) is 9.72. The number of aryl methyl sites for hydroxylation is 1. The molecule has 4 aromatic rings. The third-order valence-electron chi connectivity index (χ3n) is 4.79. The summed E-state index contributed by atoms with van der Waals surface area (Å²) in [5.41, 5.74) is 2.44. The number of ether oxygens (including phenoxy) is 2. The summed E-state index contributed by atoms with van der Waals surface area (Å²) in [4.78, 5) is 0.161. The minimum absolute atomic E-state index is 0.161. The molecule has 0 atom stereocenters. The molecule has 0 saturated carbocycles. The number of rotatable bonds is 7. The maximum atomic E-state index is 13.2. The first-order valence-corrected chi connectivity index (χ1v) is 11.2. The highest BCUT2D eigenvalue weighted by Crippen LogP contribution is 2.31. The summed E-state index contributed by atoms with van der Waals surface area (Å²) < 4.78 is 38.6. The molecule has 31 heavy (non-hydrogen) atoms. The molecule has 6 nitrogen and oxygen atoms in total. The molecule has 1 heterocycles. The van der Waals surface area contributed by atoms with Crippen molar-refractivity contribution in [3.05, 3.63) is 90.0 Å². The van der Waals surface area contributed by atoms with Crippen molar-refractivity contribution in [1.82, 2.24) is 9.19 Å². The Kier molecular flexibility index (Phi) is 5.77. The van der Waals surface area contributed by atoms with Gasteiger partial charge in [-0.1, -0.05) is 54.1 Å². The van der Waals surface area contributed by atoms with Crippen LogP contribution in [0.1, 0.15) is 11.1 Å². The molecule has 158 valence electrons. The van der Waals surface area contributed by atoms with Crippen LogP contribution >= 0.6 is 0 Å². The number of benzene rings is 3. The van der Waals surface area contributed by atoms with E-state index in [0.717, 1.165) is 15.2 Å². The van der Waals surface area contributed by atoms with Crippen molar-refractivity contribution in [3.63, 3.8) is 0 Å². The van der Waals surface area contributed by atoms with Crippen molar-refractivity contribution in [2.75, 3.05) is 13.7 Å². The van der Waals surface area contributed by atoms with Crippen LogP contribution in [0, 0.1) is 6.92 Å². The number of hydrogen-bond acceptors (Lipinski definition) is 5. The standard InChI is InChI=1S/C24H22N2O4S/c1-18-10-13-21(14-11-18)31(27,28)26-23-15-12-20(29-2)17-22(23)24(25-26)30-16-6-9-19-7-4-3-5-8-19/h3-15,17H,16H2,1-2H3. The summed E-state index contributed by atoms with van der Waals surface area (Å²) in [7, 11) is -2.33. The Morgan fingerprint density at radius 1 is 1.00 bits per heavy atom. The van der Waals surface area contributed by atoms with Gasteiger partial charge in [0.25, 0.3) is 10.0 Å². The maximum absolute atomic E-state index is 13.2. The van der Waals surface area contributed by atoms with Crippen LogP contribution in [-0.2, 0) is 10.0 Å². The van der Waals surface area contributed by atoms with Gasteiger partial charge in [-0.2, -0.15) is 8.42 Å². The Bertz CT molecular complexity index is 1330. The van der Waals surface area contributed by atoms with Crippen molar-refractivity contribution in [1.29, 1.82) is 0 Å². The van der Waals surface area contributed by atoms with Crippen molar-refractivity contribution in [2.45, 2.75) is 11.8 Å². The van der Waals surface area contributed by atoms with Gasteiger partial charge in [-0.05, 0) is 48.9 Å². The van der Waals surface area contributed by atoms with Crippen LogP contribution in [0.15, 0.2) is 83.8 Å². The third-order valence-corrected chi connectivity index (χ3v) is 6.40. The van der Waals surface area contributed by atoms with E-state index in [4.69, 9.17) is 9.47 Å². The molecule has 0 aliphatic rings. The molecule has 0 N–H and O–H groups in total. The van der Waals surface area contributed by atoms with Gasteiger partial charge in [-0.25, -0.2) is 0 Å². The molecule has 0 amide bonds. The second-order valence-electron chi connectivity index (χ2n) is 6.97. The van der Waals surface area contributed by atoms with Crippen LogP contribution in [0.2, 0.25) is 0 Å². The average Bonchev–Trinajstić information content (AvgIpc) is 3.16. The zero-order valence-corrected chi connectivity index (χ0v) is 18.0. The van der Waals surface area contributed by atoms with E-state index in [2.05, 4.69) is 5.10 Å².